The Labute approximate surface area is 154 Å². The van der Waals surface area contributed by atoms with Crippen molar-refractivity contribution in [1.82, 2.24) is 0 Å². The first-order chi connectivity index (χ1) is 12.2. The van der Waals surface area contributed by atoms with Crippen LogP contribution in [-0.4, -0.2) is 28.2 Å². The molecule has 0 saturated carbocycles. The maximum Gasteiger partial charge on any atom is 0.164 e. The van der Waals surface area contributed by atoms with E-state index in [1.54, 1.807) is 24.3 Å². The summed E-state index contributed by atoms with van der Waals surface area (Å²) in [4.78, 5) is 12.3. The minimum Gasteiger partial charge on any atom is -0.508 e. The van der Waals surface area contributed by atoms with Crippen LogP contribution in [0, 0.1) is 5.92 Å². The van der Waals surface area contributed by atoms with Gasteiger partial charge in [-0.05, 0) is 62.1 Å². The molecule has 1 heterocycles. The van der Waals surface area contributed by atoms with Gasteiger partial charge in [0.1, 0.15) is 18.1 Å². The fourth-order valence-electron chi connectivity index (χ4n) is 3.90. The van der Waals surface area contributed by atoms with Gasteiger partial charge in [0.15, 0.2) is 5.78 Å². The molecule has 2 aromatic rings. The van der Waals surface area contributed by atoms with Gasteiger partial charge in [-0.1, -0.05) is 31.2 Å². The third-order valence-corrected chi connectivity index (χ3v) is 5.76. The molecule has 1 aliphatic rings. The van der Waals surface area contributed by atoms with E-state index in [4.69, 9.17) is 4.74 Å². The van der Waals surface area contributed by atoms with Crippen LogP contribution in [0.4, 0.5) is 0 Å². The van der Waals surface area contributed by atoms with Crippen LogP contribution in [0.1, 0.15) is 44.7 Å². The lowest BCUT2D eigenvalue weighted by Gasteiger charge is -2.34. The van der Waals surface area contributed by atoms with Gasteiger partial charge in [-0.25, -0.2) is 0 Å². The van der Waals surface area contributed by atoms with Crippen LogP contribution in [0.5, 0.6) is 11.5 Å². The average molecular weight is 354 g/mol. The van der Waals surface area contributed by atoms with Gasteiger partial charge in [-0.2, -0.15) is 0 Å². The van der Waals surface area contributed by atoms with Crippen molar-refractivity contribution in [2.24, 2.45) is 5.92 Å². The zero-order chi connectivity index (χ0) is 18.9. The van der Waals surface area contributed by atoms with Crippen LogP contribution >= 0.6 is 0 Å². The molecule has 0 aliphatic carbocycles. The van der Waals surface area contributed by atoms with Crippen LogP contribution in [0.2, 0.25) is 0 Å². The number of rotatable bonds is 5. The Bertz CT molecular complexity index is 729. The first kappa shape index (κ1) is 18.5. The lowest BCUT2D eigenvalue weighted by atomic mass is 9.70. The predicted octanol–water partition coefficient (Wildman–Crippen LogP) is 4.18. The van der Waals surface area contributed by atoms with E-state index in [-0.39, 0.29) is 35.2 Å². The fraction of sp³-hybridized carbons (Fsp3) is 0.409. The van der Waals surface area contributed by atoms with Crippen molar-refractivity contribution >= 4 is 5.78 Å². The summed E-state index contributed by atoms with van der Waals surface area (Å²) in [5, 5.41) is 19.3. The zero-order valence-corrected chi connectivity index (χ0v) is 15.5. The van der Waals surface area contributed by atoms with Crippen LogP contribution < -0.4 is 0 Å². The molecule has 0 spiro atoms. The van der Waals surface area contributed by atoms with E-state index in [1.165, 1.54) is 0 Å². The standard InChI is InChI=1S/C22H26O4/c1-21(2)19(20(25)14-26-21)12-13-22(3,15-4-8-17(23)9-5-15)16-6-10-18(24)11-7-16/h4-11,19,23-24H,12-14H2,1-3H3. The van der Waals surface area contributed by atoms with E-state index in [9.17, 15) is 15.0 Å². The summed E-state index contributed by atoms with van der Waals surface area (Å²) < 4.78 is 5.66. The Hall–Kier alpha value is -2.33. The molecule has 2 N–H and O–H groups in total. The van der Waals surface area contributed by atoms with Crippen molar-refractivity contribution in [3.8, 4) is 11.5 Å². The van der Waals surface area contributed by atoms with E-state index < -0.39 is 5.60 Å². The van der Waals surface area contributed by atoms with Gasteiger partial charge in [0.2, 0.25) is 0 Å². The molecule has 0 radical (unpaired) electrons. The Kier molecular flexibility index (Phi) is 4.80. The number of aromatic hydroxyl groups is 2. The third kappa shape index (κ3) is 3.47. The molecule has 1 unspecified atom stereocenters. The second kappa shape index (κ2) is 6.76. The van der Waals surface area contributed by atoms with Gasteiger partial charge in [0, 0.05) is 11.3 Å². The molecular weight excluding hydrogens is 328 g/mol. The van der Waals surface area contributed by atoms with Gasteiger partial charge in [-0.3, -0.25) is 4.79 Å². The number of benzene rings is 2. The van der Waals surface area contributed by atoms with Crippen molar-refractivity contribution in [3.05, 3.63) is 59.7 Å². The van der Waals surface area contributed by atoms with Crippen LogP contribution in [0.3, 0.4) is 0 Å². The van der Waals surface area contributed by atoms with E-state index in [0.29, 0.717) is 6.42 Å². The molecule has 1 saturated heterocycles. The molecule has 0 amide bonds. The topological polar surface area (TPSA) is 66.8 Å². The van der Waals surface area contributed by atoms with Crippen molar-refractivity contribution in [2.75, 3.05) is 6.61 Å². The van der Waals surface area contributed by atoms with Crippen LogP contribution in [0.25, 0.3) is 0 Å². The first-order valence-corrected chi connectivity index (χ1v) is 8.98. The highest BCUT2D eigenvalue weighted by Gasteiger charge is 2.43. The van der Waals surface area contributed by atoms with Crippen molar-refractivity contribution in [2.45, 2.75) is 44.6 Å². The van der Waals surface area contributed by atoms with Gasteiger partial charge < -0.3 is 14.9 Å². The molecule has 1 fully saturated rings. The molecule has 0 bridgehead atoms. The molecule has 4 nitrogen and oxygen atoms in total. The zero-order valence-electron chi connectivity index (χ0n) is 15.5. The van der Waals surface area contributed by atoms with E-state index in [0.717, 1.165) is 17.5 Å². The smallest absolute Gasteiger partial charge is 0.164 e. The third-order valence-electron chi connectivity index (χ3n) is 5.76. The van der Waals surface area contributed by atoms with Crippen LogP contribution in [0.15, 0.2) is 48.5 Å². The summed E-state index contributed by atoms with van der Waals surface area (Å²) in [6.07, 6.45) is 1.47. The summed E-state index contributed by atoms with van der Waals surface area (Å²) in [5.41, 5.74) is 1.33. The quantitative estimate of drug-likeness (QED) is 0.845. The van der Waals surface area contributed by atoms with Crippen molar-refractivity contribution in [1.29, 1.82) is 0 Å². The average Bonchev–Trinajstić information content (AvgIpc) is 2.86. The second-order valence-electron chi connectivity index (χ2n) is 7.88. The van der Waals surface area contributed by atoms with E-state index >= 15 is 0 Å². The molecular formula is C22H26O4. The summed E-state index contributed by atoms with van der Waals surface area (Å²) in [7, 11) is 0. The number of phenolic OH excluding ortho intramolecular Hbond substituents is 2. The minimum atomic E-state index is -0.443. The number of hydrogen-bond acceptors (Lipinski definition) is 4. The van der Waals surface area contributed by atoms with Crippen molar-refractivity contribution < 1.29 is 19.7 Å². The van der Waals surface area contributed by atoms with Gasteiger partial charge in [-0.15, -0.1) is 0 Å². The van der Waals surface area contributed by atoms with E-state index in [1.807, 2.05) is 38.1 Å². The molecule has 3 rings (SSSR count). The molecule has 4 heteroatoms. The number of carbonyl (C=O) groups is 1. The first-order valence-electron chi connectivity index (χ1n) is 8.98. The summed E-state index contributed by atoms with van der Waals surface area (Å²) in [6, 6.07) is 14.4. The number of hydrogen-bond donors (Lipinski definition) is 2. The summed E-state index contributed by atoms with van der Waals surface area (Å²) in [6.45, 7) is 6.27. The van der Waals surface area contributed by atoms with Gasteiger partial charge >= 0.3 is 0 Å². The van der Waals surface area contributed by atoms with Crippen LogP contribution in [-0.2, 0) is 14.9 Å². The summed E-state index contributed by atoms with van der Waals surface area (Å²) >= 11 is 0. The highest BCUT2D eigenvalue weighted by molar-refractivity contribution is 5.85. The SMILES string of the molecule is CC(CCC1C(=O)COC1(C)C)(c1ccc(O)cc1)c1ccc(O)cc1. The normalized spacial score (nSPS) is 19.7. The molecule has 1 atom stereocenters. The molecule has 0 aromatic heterocycles. The van der Waals surface area contributed by atoms with Gasteiger partial charge in [0.05, 0.1) is 5.60 Å². The molecule has 2 aromatic carbocycles. The lowest BCUT2D eigenvalue weighted by Crippen LogP contribution is -2.33. The summed E-state index contributed by atoms with van der Waals surface area (Å²) in [5.74, 6) is 0.481. The highest BCUT2D eigenvalue weighted by atomic mass is 16.5. The lowest BCUT2D eigenvalue weighted by molar-refractivity contribution is -0.120. The minimum absolute atomic E-state index is 0.129. The Morgan fingerprint density at radius 1 is 1.00 bits per heavy atom. The predicted molar refractivity (Wildman–Crippen MR) is 100 cm³/mol. The Morgan fingerprint density at radius 2 is 1.46 bits per heavy atom. The number of Topliss-reactive ketones (excluding diaryl/α,β-unsaturated/α-hetero) is 1. The number of ether oxygens (including phenoxy) is 1. The van der Waals surface area contributed by atoms with Crippen molar-refractivity contribution in [3.63, 3.8) is 0 Å². The Morgan fingerprint density at radius 3 is 1.85 bits per heavy atom. The largest absolute Gasteiger partial charge is 0.508 e. The molecule has 1 aliphatic heterocycles. The second-order valence-corrected chi connectivity index (χ2v) is 7.88. The number of carbonyl (C=O) groups excluding carboxylic acids is 1. The van der Waals surface area contributed by atoms with Gasteiger partial charge in [0.25, 0.3) is 0 Å². The maximum atomic E-state index is 12.3. The number of ketones is 1. The fourth-order valence-corrected chi connectivity index (χ4v) is 3.90. The highest BCUT2D eigenvalue weighted by Crippen LogP contribution is 2.41. The molecule has 138 valence electrons. The monoisotopic (exact) mass is 354 g/mol. The van der Waals surface area contributed by atoms with E-state index in [2.05, 4.69) is 6.92 Å². The number of phenols is 2. The Balaban J connectivity index is 1.94. The molecule has 26 heavy (non-hydrogen) atoms. The maximum absolute atomic E-state index is 12.3.